The van der Waals surface area contributed by atoms with Gasteiger partial charge in [-0.05, 0) is 45.9 Å². The van der Waals surface area contributed by atoms with Crippen molar-refractivity contribution in [3.8, 4) is 5.69 Å². The Labute approximate surface area is 162 Å². The number of amides is 1. The number of benzene rings is 1. The normalized spacial score (nSPS) is 13.3. The molecular formula is C18H21Cl2N3O3. The van der Waals surface area contributed by atoms with Gasteiger partial charge in [0, 0.05) is 22.3 Å². The molecule has 8 heteroatoms. The first-order chi connectivity index (χ1) is 12.1. The van der Waals surface area contributed by atoms with Crippen molar-refractivity contribution in [2.24, 2.45) is 5.92 Å². The van der Waals surface area contributed by atoms with Crippen LogP contribution in [0.15, 0.2) is 18.2 Å². The monoisotopic (exact) mass is 397 g/mol. The minimum atomic E-state index is -0.949. The molecule has 0 saturated heterocycles. The van der Waals surface area contributed by atoms with Gasteiger partial charge in [0.2, 0.25) is 5.91 Å². The molecule has 26 heavy (non-hydrogen) atoms. The highest BCUT2D eigenvalue weighted by molar-refractivity contribution is 6.35. The van der Waals surface area contributed by atoms with E-state index in [9.17, 15) is 9.59 Å². The van der Waals surface area contributed by atoms with Crippen molar-refractivity contribution in [1.82, 2.24) is 15.1 Å². The van der Waals surface area contributed by atoms with E-state index in [1.54, 1.807) is 36.7 Å². The summed E-state index contributed by atoms with van der Waals surface area (Å²) in [5.74, 6) is -1.87. The SMILES string of the molecule is Cc1nn(-c2ccc(Cl)cc2Cl)c(C)c1CC(=O)NC(C)C(C)C(=O)O. The van der Waals surface area contributed by atoms with Gasteiger partial charge in [-0.3, -0.25) is 9.59 Å². The average molecular weight is 398 g/mol. The van der Waals surface area contributed by atoms with E-state index in [0.717, 1.165) is 11.3 Å². The number of carboxylic acids is 1. The van der Waals surface area contributed by atoms with Gasteiger partial charge >= 0.3 is 5.97 Å². The maximum atomic E-state index is 12.3. The van der Waals surface area contributed by atoms with Crippen molar-refractivity contribution in [3.05, 3.63) is 45.2 Å². The number of carboxylic acid groups (broad SMARTS) is 1. The van der Waals surface area contributed by atoms with Crippen molar-refractivity contribution in [3.63, 3.8) is 0 Å². The minimum absolute atomic E-state index is 0.111. The molecule has 1 heterocycles. The van der Waals surface area contributed by atoms with Crippen LogP contribution in [0.2, 0.25) is 10.0 Å². The number of carbonyl (C=O) groups excluding carboxylic acids is 1. The van der Waals surface area contributed by atoms with Crippen molar-refractivity contribution >= 4 is 35.1 Å². The maximum absolute atomic E-state index is 12.3. The van der Waals surface area contributed by atoms with Crippen LogP contribution < -0.4 is 5.32 Å². The predicted octanol–water partition coefficient (Wildman–Crippen LogP) is 3.56. The lowest BCUT2D eigenvalue weighted by atomic mass is 10.0. The summed E-state index contributed by atoms with van der Waals surface area (Å²) in [6, 6.07) is 4.66. The average Bonchev–Trinajstić information content (AvgIpc) is 2.82. The molecule has 0 radical (unpaired) electrons. The Bertz CT molecular complexity index is 848. The van der Waals surface area contributed by atoms with E-state index in [1.807, 2.05) is 13.8 Å². The van der Waals surface area contributed by atoms with Gasteiger partial charge in [0.15, 0.2) is 0 Å². The first-order valence-corrected chi connectivity index (χ1v) is 8.90. The van der Waals surface area contributed by atoms with Crippen LogP contribution in [0.1, 0.15) is 30.8 Å². The highest BCUT2D eigenvalue weighted by Gasteiger charge is 2.23. The van der Waals surface area contributed by atoms with Crippen molar-refractivity contribution in [2.75, 3.05) is 0 Å². The molecular weight excluding hydrogens is 377 g/mol. The predicted molar refractivity (Wildman–Crippen MR) is 101 cm³/mol. The van der Waals surface area contributed by atoms with E-state index in [-0.39, 0.29) is 12.3 Å². The van der Waals surface area contributed by atoms with Crippen LogP contribution in [0.5, 0.6) is 0 Å². The third-order valence-electron chi connectivity index (χ3n) is 4.44. The fourth-order valence-corrected chi connectivity index (χ4v) is 3.11. The van der Waals surface area contributed by atoms with Crippen molar-refractivity contribution in [1.29, 1.82) is 0 Å². The van der Waals surface area contributed by atoms with E-state index >= 15 is 0 Å². The fourth-order valence-electron chi connectivity index (χ4n) is 2.62. The topological polar surface area (TPSA) is 84.2 Å². The van der Waals surface area contributed by atoms with Crippen LogP contribution >= 0.6 is 23.2 Å². The Morgan fingerprint density at radius 3 is 2.50 bits per heavy atom. The molecule has 2 N–H and O–H groups in total. The summed E-state index contributed by atoms with van der Waals surface area (Å²) in [5.41, 5.74) is 2.96. The van der Waals surface area contributed by atoms with Gasteiger partial charge in [0.25, 0.3) is 0 Å². The number of nitrogens with one attached hydrogen (secondary N) is 1. The van der Waals surface area contributed by atoms with Gasteiger partial charge in [-0.2, -0.15) is 5.10 Å². The summed E-state index contributed by atoms with van der Waals surface area (Å²) in [6.07, 6.45) is 0.111. The van der Waals surface area contributed by atoms with Gasteiger partial charge in [-0.1, -0.05) is 23.2 Å². The van der Waals surface area contributed by atoms with Gasteiger partial charge in [0.05, 0.1) is 28.7 Å². The molecule has 0 aliphatic heterocycles. The third kappa shape index (κ3) is 4.37. The Hall–Kier alpha value is -2.05. The van der Waals surface area contributed by atoms with E-state index in [4.69, 9.17) is 28.3 Å². The smallest absolute Gasteiger partial charge is 0.308 e. The minimum Gasteiger partial charge on any atom is -0.481 e. The maximum Gasteiger partial charge on any atom is 0.308 e. The first kappa shape index (κ1) is 20.3. The highest BCUT2D eigenvalue weighted by atomic mass is 35.5. The van der Waals surface area contributed by atoms with E-state index in [1.165, 1.54) is 0 Å². The van der Waals surface area contributed by atoms with Crippen LogP contribution in [0.25, 0.3) is 5.69 Å². The number of halogens is 2. The molecule has 2 atom stereocenters. The second-order valence-electron chi connectivity index (χ2n) is 6.32. The largest absolute Gasteiger partial charge is 0.481 e. The number of carbonyl (C=O) groups is 2. The molecule has 0 aliphatic rings. The summed E-state index contributed by atoms with van der Waals surface area (Å²) < 4.78 is 1.68. The van der Waals surface area contributed by atoms with Gasteiger partial charge in [-0.15, -0.1) is 0 Å². The Morgan fingerprint density at radius 1 is 1.27 bits per heavy atom. The molecule has 2 aromatic rings. The number of rotatable bonds is 6. The first-order valence-electron chi connectivity index (χ1n) is 8.14. The lowest BCUT2D eigenvalue weighted by Gasteiger charge is -2.17. The quantitative estimate of drug-likeness (QED) is 0.779. The van der Waals surface area contributed by atoms with Crippen LogP contribution in [-0.4, -0.2) is 32.8 Å². The number of aliphatic carboxylic acids is 1. The Morgan fingerprint density at radius 2 is 1.92 bits per heavy atom. The third-order valence-corrected chi connectivity index (χ3v) is 4.98. The Balaban J connectivity index is 2.22. The zero-order valence-electron chi connectivity index (χ0n) is 15.0. The zero-order chi connectivity index (χ0) is 19.6. The second-order valence-corrected chi connectivity index (χ2v) is 7.16. The fraction of sp³-hybridized carbons (Fsp3) is 0.389. The highest BCUT2D eigenvalue weighted by Crippen LogP contribution is 2.27. The standard InChI is InChI=1S/C18H21Cl2N3O3/c1-9(18(25)26)10(2)21-17(24)8-14-11(3)22-23(12(14)4)16-6-5-13(19)7-15(16)20/h5-7,9-10H,8H2,1-4H3,(H,21,24)(H,25,26). The number of nitrogens with zero attached hydrogens (tertiary/aromatic N) is 2. The van der Waals surface area contributed by atoms with Crippen LogP contribution in [0.3, 0.4) is 0 Å². The van der Waals surface area contributed by atoms with Gasteiger partial charge < -0.3 is 10.4 Å². The van der Waals surface area contributed by atoms with Gasteiger partial charge in [0.1, 0.15) is 0 Å². The van der Waals surface area contributed by atoms with Crippen LogP contribution in [0.4, 0.5) is 0 Å². The summed E-state index contributed by atoms with van der Waals surface area (Å²) in [7, 11) is 0. The van der Waals surface area contributed by atoms with Gasteiger partial charge in [-0.25, -0.2) is 4.68 Å². The summed E-state index contributed by atoms with van der Waals surface area (Å²) in [6.45, 7) is 6.91. The molecule has 0 fully saturated rings. The molecule has 1 aromatic carbocycles. The van der Waals surface area contributed by atoms with Crippen LogP contribution in [0, 0.1) is 19.8 Å². The molecule has 2 rings (SSSR count). The molecule has 0 aliphatic carbocycles. The number of aromatic nitrogens is 2. The van der Waals surface area contributed by atoms with E-state index in [2.05, 4.69) is 10.4 Å². The lowest BCUT2D eigenvalue weighted by Crippen LogP contribution is -2.40. The van der Waals surface area contributed by atoms with Crippen molar-refractivity contribution < 1.29 is 14.7 Å². The summed E-state index contributed by atoms with van der Waals surface area (Å²) >= 11 is 12.2. The zero-order valence-corrected chi connectivity index (χ0v) is 16.5. The molecule has 1 amide bonds. The molecule has 140 valence electrons. The molecule has 0 spiro atoms. The number of aryl methyl sites for hydroxylation is 1. The number of hydrogen-bond donors (Lipinski definition) is 2. The summed E-state index contributed by atoms with van der Waals surface area (Å²) in [5, 5.41) is 17.2. The van der Waals surface area contributed by atoms with E-state index in [0.29, 0.717) is 21.4 Å². The van der Waals surface area contributed by atoms with E-state index < -0.39 is 17.9 Å². The lowest BCUT2D eigenvalue weighted by molar-refractivity contribution is -0.142. The molecule has 1 aromatic heterocycles. The summed E-state index contributed by atoms with van der Waals surface area (Å²) in [4.78, 5) is 23.3. The Kier molecular flexibility index (Phi) is 6.31. The molecule has 2 unspecified atom stereocenters. The van der Waals surface area contributed by atoms with Crippen LogP contribution in [-0.2, 0) is 16.0 Å². The second kappa shape index (κ2) is 8.10. The molecule has 0 saturated carbocycles. The molecule has 0 bridgehead atoms. The van der Waals surface area contributed by atoms with Crippen molar-refractivity contribution in [2.45, 2.75) is 40.2 Å². The molecule has 6 nitrogen and oxygen atoms in total. The number of hydrogen-bond acceptors (Lipinski definition) is 3.